The van der Waals surface area contributed by atoms with Gasteiger partial charge in [-0.1, -0.05) is 12.8 Å². The van der Waals surface area contributed by atoms with Crippen molar-refractivity contribution in [2.45, 2.75) is 44.3 Å². The Morgan fingerprint density at radius 2 is 2.06 bits per heavy atom. The largest absolute Gasteiger partial charge is 0.356 e. The van der Waals surface area contributed by atoms with Gasteiger partial charge in [0.05, 0.1) is 0 Å². The van der Waals surface area contributed by atoms with E-state index in [9.17, 15) is 0 Å². The summed E-state index contributed by atoms with van der Waals surface area (Å²) in [6, 6.07) is 0. The monoisotopic (exact) mass is 257 g/mol. The van der Waals surface area contributed by atoms with Crippen molar-refractivity contribution >= 4 is 17.7 Å². The van der Waals surface area contributed by atoms with Gasteiger partial charge in [0.2, 0.25) is 0 Å². The van der Waals surface area contributed by atoms with E-state index in [0.717, 1.165) is 25.0 Å². The van der Waals surface area contributed by atoms with Gasteiger partial charge in [-0.25, -0.2) is 0 Å². The second-order valence-electron chi connectivity index (χ2n) is 5.40. The Balaban J connectivity index is 2.10. The van der Waals surface area contributed by atoms with Gasteiger partial charge in [0, 0.05) is 24.9 Å². The summed E-state index contributed by atoms with van der Waals surface area (Å²) in [6.45, 7) is 6.46. The summed E-state index contributed by atoms with van der Waals surface area (Å²) in [5, 5.41) is 6.76. The maximum atomic E-state index is 4.24. The SMILES string of the molecule is CN=C(NCCCC1CC1)NCC(C)(C)SC. The Morgan fingerprint density at radius 3 is 2.59 bits per heavy atom. The first kappa shape index (κ1) is 14.7. The van der Waals surface area contributed by atoms with Crippen LogP contribution in [-0.4, -0.2) is 37.1 Å². The van der Waals surface area contributed by atoms with Crippen LogP contribution >= 0.6 is 11.8 Å². The van der Waals surface area contributed by atoms with Crippen LogP contribution in [0.5, 0.6) is 0 Å². The van der Waals surface area contributed by atoms with Gasteiger partial charge in [0.25, 0.3) is 0 Å². The van der Waals surface area contributed by atoms with E-state index in [0.29, 0.717) is 0 Å². The minimum Gasteiger partial charge on any atom is -0.356 e. The molecule has 0 spiro atoms. The number of hydrogen-bond acceptors (Lipinski definition) is 2. The van der Waals surface area contributed by atoms with Crippen LogP contribution in [0.3, 0.4) is 0 Å². The van der Waals surface area contributed by atoms with E-state index in [1.54, 1.807) is 0 Å². The maximum Gasteiger partial charge on any atom is 0.191 e. The molecule has 0 amide bonds. The van der Waals surface area contributed by atoms with Gasteiger partial charge < -0.3 is 10.6 Å². The second kappa shape index (κ2) is 7.14. The summed E-state index contributed by atoms with van der Waals surface area (Å²) in [6.07, 6.45) is 7.69. The fraction of sp³-hybridized carbons (Fsp3) is 0.923. The second-order valence-corrected chi connectivity index (χ2v) is 6.92. The fourth-order valence-corrected chi connectivity index (χ4v) is 1.81. The third-order valence-electron chi connectivity index (χ3n) is 3.24. The van der Waals surface area contributed by atoms with Crippen molar-refractivity contribution < 1.29 is 0 Å². The molecule has 1 saturated carbocycles. The lowest BCUT2D eigenvalue weighted by atomic mass is 10.2. The molecule has 1 fully saturated rings. The van der Waals surface area contributed by atoms with E-state index in [-0.39, 0.29) is 4.75 Å². The fourth-order valence-electron chi connectivity index (χ4n) is 1.59. The highest BCUT2D eigenvalue weighted by atomic mass is 32.2. The van der Waals surface area contributed by atoms with E-state index in [1.165, 1.54) is 25.7 Å². The lowest BCUT2D eigenvalue weighted by molar-refractivity contribution is 0.631. The molecule has 3 nitrogen and oxygen atoms in total. The molecule has 1 rings (SSSR count). The van der Waals surface area contributed by atoms with E-state index < -0.39 is 0 Å². The summed E-state index contributed by atoms with van der Waals surface area (Å²) in [5.41, 5.74) is 0. The normalized spacial score (nSPS) is 17.1. The first-order valence-corrected chi connectivity index (χ1v) is 7.79. The minimum atomic E-state index is 0.256. The zero-order chi connectivity index (χ0) is 12.7. The molecule has 2 N–H and O–H groups in total. The molecule has 0 saturated heterocycles. The van der Waals surface area contributed by atoms with Gasteiger partial charge in [0.15, 0.2) is 5.96 Å². The number of thioether (sulfide) groups is 1. The molecule has 100 valence electrons. The average molecular weight is 257 g/mol. The number of aliphatic imine (C=N–C) groups is 1. The van der Waals surface area contributed by atoms with Gasteiger partial charge in [-0.05, 0) is 38.9 Å². The molecule has 4 heteroatoms. The van der Waals surface area contributed by atoms with Gasteiger partial charge in [-0.2, -0.15) is 11.8 Å². The van der Waals surface area contributed by atoms with Gasteiger partial charge in [-0.3, -0.25) is 4.99 Å². The van der Waals surface area contributed by atoms with Crippen molar-refractivity contribution in [2.24, 2.45) is 10.9 Å². The van der Waals surface area contributed by atoms with Gasteiger partial charge in [-0.15, -0.1) is 0 Å². The van der Waals surface area contributed by atoms with E-state index in [2.05, 4.69) is 35.7 Å². The van der Waals surface area contributed by atoms with Crippen LogP contribution in [0.25, 0.3) is 0 Å². The maximum absolute atomic E-state index is 4.24. The Bertz CT molecular complexity index is 247. The van der Waals surface area contributed by atoms with Crippen molar-refractivity contribution in [1.82, 2.24) is 10.6 Å². The molecule has 0 aromatic heterocycles. The molecule has 1 aliphatic rings. The van der Waals surface area contributed by atoms with Crippen LogP contribution < -0.4 is 10.6 Å². The zero-order valence-corrected chi connectivity index (χ0v) is 12.5. The standard InChI is InChI=1S/C13H27N3S/c1-13(2,17-4)10-16-12(14-3)15-9-5-6-11-7-8-11/h11H,5-10H2,1-4H3,(H2,14,15,16). The molecule has 1 aliphatic carbocycles. The van der Waals surface area contributed by atoms with Crippen molar-refractivity contribution in [3.8, 4) is 0 Å². The molecule has 17 heavy (non-hydrogen) atoms. The summed E-state index contributed by atoms with van der Waals surface area (Å²) < 4.78 is 0.256. The molecular formula is C13H27N3S. The number of nitrogens with one attached hydrogen (secondary N) is 2. The lowest BCUT2D eigenvalue weighted by Gasteiger charge is -2.23. The van der Waals surface area contributed by atoms with Crippen LogP contribution in [0.2, 0.25) is 0 Å². The van der Waals surface area contributed by atoms with E-state index >= 15 is 0 Å². The Morgan fingerprint density at radius 1 is 1.35 bits per heavy atom. The minimum absolute atomic E-state index is 0.256. The Hall–Kier alpha value is -0.380. The van der Waals surface area contributed by atoms with E-state index in [4.69, 9.17) is 0 Å². The Kier molecular flexibility index (Phi) is 6.17. The topological polar surface area (TPSA) is 36.4 Å². The lowest BCUT2D eigenvalue weighted by Crippen LogP contribution is -2.43. The molecule has 0 aromatic carbocycles. The highest BCUT2D eigenvalue weighted by Crippen LogP contribution is 2.33. The van der Waals surface area contributed by atoms with Crippen molar-refractivity contribution in [3.63, 3.8) is 0 Å². The first-order chi connectivity index (χ1) is 8.07. The number of nitrogens with zero attached hydrogens (tertiary/aromatic N) is 1. The summed E-state index contributed by atoms with van der Waals surface area (Å²) in [5.74, 6) is 1.96. The summed E-state index contributed by atoms with van der Waals surface area (Å²) in [7, 11) is 1.84. The van der Waals surface area contributed by atoms with Crippen LogP contribution in [0, 0.1) is 5.92 Å². The molecule has 0 unspecified atom stereocenters. The van der Waals surface area contributed by atoms with Crippen LogP contribution in [0.1, 0.15) is 39.5 Å². The number of rotatable bonds is 7. The van der Waals surface area contributed by atoms with Crippen LogP contribution in [0.15, 0.2) is 4.99 Å². The number of hydrogen-bond donors (Lipinski definition) is 2. The molecular weight excluding hydrogens is 230 g/mol. The smallest absolute Gasteiger partial charge is 0.191 e. The molecule has 0 atom stereocenters. The number of guanidine groups is 1. The van der Waals surface area contributed by atoms with Gasteiger partial charge >= 0.3 is 0 Å². The predicted octanol–water partition coefficient (Wildman–Crippen LogP) is 2.48. The summed E-state index contributed by atoms with van der Waals surface area (Å²) >= 11 is 1.87. The molecule has 0 bridgehead atoms. The van der Waals surface area contributed by atoms with Crippen molar-refractivity contribution in [2.75, 3.05) is 26.4 Å². The molecule has 0 heterocycles. The van der Waals surface area contributed by atoms with Crippen molar-refractivity contribution in [1.29, 1.82) is 0 Å². The van der Waals surface area contributed by atoms with E-state index in [1.807, 2.05) is 18.8 Å². The molecule has 0 aromatic rings. The quantitative estimate of drug-likeness (QED) is 0.418. The highest BCUT2D eigenvalue weighted by molar-refractivity contribution is 7.99. The first-order valence-electron chi connectivity index (χ1n) is 6.57. The molecule has 0 radical (unpaired) electrons. The highest BCUT2D eigenvalue weighted by Gasteiger charge is 2.20. The summed E-state index contributed by atoms with van der Waals surface area (Å²) in [4.78, 5) is 4.24. The third kappa shape index (κ3) is 6.81. The van der Waals surface area contributed by atoms with Crippen LogP contribution in [-0.2, 0) is 0 Å². The third-order valence-corrected chi connectivity index (χ3v) is 4.49. The molecule has 0 aliphatic heterocycles. The van der Waals surface area contributed by atoms with Crippen molar-refractivity contribution in [3.05, 3.63) is 0 Å². The van der Waals surface area contributed by atoms with Gasteiger partial charge in [0.1, 0.15) is 0 Å². The zero-order valence-electron chi connectivity index (χ0n) is 11.7. The predicted molar refractivity (Wildman–Crippen MR) is 78.9 cm³/mol. The Labute approximate surface area is 110 Å². The van der Waals surface area contributed by atoms with Crippen LogP contribution in [0.4, 0.5) is 0 Å². The average Bonchev–Trinajstić information content (AvgIpc) is 3.12.